The van der Waals surface area contributed by atoms with Gasteiger partial charge in [0.15, 0.2) is 11.6 Å². The molecule has 18 heavy (non-hydrogen) atoms. The maximum atomic E-state index is 5.31. The smallest absolute Gasteiger partial charge is 0.160 e. The van der Waals surface area contributed by atoms with Gasteiger partial charge in [0.25, 0.3) is 0 Å². The number of hydrazine groups is 1. The summed E-state index contributed by atoms with van der Waals surface area (Å²) in [7, 11) is 3.55. The van der Waals surface area contributed by atoms with E-state index in [4.69, 9.17) is 10.6 Å². The highest BCUT2D eigenvalue weighted by molar-refractivity contribution is 5.60. The van der Waals surface area contributed by atoms with Gasteiger partial charge in [0.1, 0.15) is 5.75 Å². The SMILES string of the molecule is COc1ccc(N(C)c2cncc(NN)n2)cc1. The van der Waals surface area contributed by atoms with E-state index in [0.717, 1.165) is 11.4 Å². The average Bonchev–Trinajstić information content (AvgIpc) is 2.46. The zero-order valence-corrected chi connectivity index (χ0v) is 10.3. The van der Waals surface area contributed by atoms with Gasteiger partial charge in [-0.05, 0) is 24.3 Å². The predicted molar refractivity (Wildman–Crippen MR) is 70.9 cm³/mol. The maximum absolute atomic E-state index is 5.31. The number of hydrogen-bond donors (Lipinski definition) is 2. The summed E-state index contributed by atoms with van der Waals surface area (Å²) in [6.07, 6.45) is 3.23. The first-order valence-corrected chi connectivity index (χ1v) is 5.41. The largest absolute Gasteiger partial charge is 0.497 e. The van der Waals surface area contributed by atoms with Crippen molar-refractivity contribution in [2.75, 3.05) is 24.5 Å². The van der Waals surface area contributed by atoms with E-state index in [1.54, 1.807) is 19.5 Å². The first-order valence-electron chi connectivity index (χ1n) is 5.41. The van der Waals surface area contributed by atoms with Crippen LogP contribution in [0.1, 0.15) is 0 Å². The second kappa shape index (κ2) is 5.33. The van der Waals surface area contributed by atoms with Gasteiger partial charge in [-0.3, -0.25) is 4.98 Å². The Morgan fingerprint density at radius 3 is 2.56 bits per heavy atom. The van der Waals surface area contributed by atoms with Gasteiger partial charge in [-0.15, -0.1) is 0 Å². The summed E-state index contributed by atoms with van der Waals surface area (Å²) in [6, 6.07) is 7.68. The lowest BCUT2D eigenvalue weighted by Gasteiger charge is -2.18. The Labute approximate surface area is 105 Å². The normalized spacial score (nSPS) is 9.94. The quantitative estimate of drug-likeness (QED) is 0.628. The van der Waals surface area contributed by atoms with Crippen LogP contribution in [0, 0.1) is 0 Å². The molecule has 0 spiro atoms. The Morgan fingerprint density at radius 2 is 1.94 bits per heavy atom. The van der Waals surface area contributed by atoms with Crippen LogP contribution < -0.4 is 20.9 Å². The van der Waals surface area contributed by atoms with Gasteiger partial charge >= 0.3 is 0 Å². The number of nitrogens with zero attached hydrogens (tertiary/aromatic N) is 3. The fourth-order valence-corrected chi connectivity index (χ4v) is 1.52. The van der Waals surface area contributed by atoms with Crippen LogP contribution in [-0.4, -0.2) is 24.1 Å². The predicted octanol–water partition coefficient (Wildman–Crippen LogP) is 1.54. The van der Waals surface area contributed by atoms with Crippen molar-refractivity contribution in [2.45, 2.75) is 0 Å². The highest BCUT2D eigenvalue weighted by Gasteiger charge is 2.06. The van der Waals surface area contributed by atoms with Crippen molar-refractivity contribution in [3.05, 3.63) is 36.7 Å². The van der Waals surface area contributed by atoms with Crippen LogP contribution in [0.2, 0.25) is 0 Å². The lowest BCUT2D eigenvalue weighted by atomic mass is 10.3. The van der Waals surface area contributed by atoms with Crippen LogP contribution in [0.25, 0.3) is 0 Å². The van der Waals surface area contributed by atoms with Crippen molar-refractivity contribution in [3.63, 3.8) is 0 Å². The second-order valence-electron chi connectivity index (χ2n) is 3.66. The number of rotatable bonds is 4. The second-order valence-corrected chi connectivity index (χ2v) is 3.66. The topological polar surface area (TPSA) is 76.3 Å². The number of ether oxygens (including phenoxy) is 1. The Balaban J connectivity index is 2.25. The van der Waals surface area contributed by atoms with Crippen LogP contribution in [0.5, 0.6) is 5.75 Å². The molecule has 2 aromatic rings. The maximum Gasteiger partial charge on any atom is 0.160 e. The molecule has 0 saturated heterocycles. The minimum absolute atomic E-state index is 0.521. The average molecular weight is 245 g/mol. The molecule has 94 valence electrons. The van der Waals surface area contributed by atoms with Crippen LogP contribution in [0.15, 0.2) is 36.7 Å². The van der Waals surface area contributed by atoms with E-state index in [2.05, 4.69) is 15.4 Å². The van der Waals surface area contributed by atoms with Crippen LogP contribution in [0.4, 0.5) is 17.3 Å². The summed E-state index contributed by atoms with van der Waals surface area (Å²) in [6.45, 7) is 0. The number of nitrogens with one attached hydrogen (secondary N) is 1. The van der Waals surface area contributed by atoms with Crippen molar-refractivity contribution < 1.29 is 4.74 Å². The highest BCUT2D eigenvalue weighted by Crippen LogP contribution is 2.24. The van der Waals surface area contributed by atoms with E-state index < -0.39 is 0 Å². The first kappa shape index (κ1) is 12.1. The van der Waals surface area contributed by atoms with E-state index in [-0.39, 0.29) is 0 Å². The lowest BCUT2D eigenvalue weighted by Crippen LogP contribution is -2.14. The molecular formula is C12H15N5O. The van der Waals surface area contributed by atoms with Crippen LogP contribution in [0.3, 0.4) is 0 Å². The Kier molecular flexibility index (Phi) is 3.59. The molecular weight excluding hydrogens is 230 g/mol. The molecule has 2 rings (SSSR count). The number of methoxy groups -OCH3 is 1. The van der Waals surface area contributed by atoms with Gasteiger partial charge in [-0.1, -0.05) is 0 Å². The van der Waals surface area contributed by atoms with Gasteiger partial charge in [-0.25, -0.2) is 10.8 Å². The molecule has 1 heterocycles. The number of hydrogen-bond acceptors (Lipinski definition) is 6. The Morgan fingerprint density at radius 1 is 1.22 bits per heavy atom. The van der Waals surface area contributed by atoms with Crippen molar-refractivity contribution in [1.29, 1.82) is 0 Å². The summed E-state index contributed by atoms with van der Waals surface area (Å²) >= 11 is 0. The third-order valence-corrected chi connectivity index (χ3v) is 2.57. The monoisotopic (exact) mass is 245 g/mol. The Hall–Kier alpha value is -2.34. The number of anilines is 3. The molecule has 0 amide bonds. The molecule has 0 saturated carbocycles. The van der Waals surface area contributed by atoms with Crippen molar-refractivity contribution in [1.82, 2.24) is 9.97 Å². The minimum Gasteiger partial charge on any atom is -0.497 e. The van der Waals surface area contributed by atoms with E-state index in [1.807, 2.05) is 36.2 Å². The molecule has 0 unspecified atom stereocenters. The fraction of sp³-hybridized carbons (Fsp3) is 0.167. The molecule has 0 aliphatic heterocycles. The van der Waals surface area contributed by atoms with E-state index >= 15 is 0 Å². The van der Waals surface area contributed by atoms with Crippen LogP contribution in [-0.2, 0) is 0 Å². The van der Waals surface area contributed by atoms with E-state index in [0.29, 0.717) is 11.6 Å². The standard InChI is InChI=1S/C12H15N5O/c1-17(9-3-5-10(18-2)6-4-9)12-8-14-7-11(15-12)16-13/h3-8H,13H2,1-2H3,(H,15,16). The van der Waals surface area contributed by atoms with Gasteiger partial charge in [0, 0.05) is 12.7 Å². The van der Waals surface area contributed by atoms with Crippen molar-refractivity contribution >= 4 is 17.3 Å². The summed E-state index contributed by atoms with van der Waals surface area (Å²) in [5.74, 6) is 7.35. The summed E-state index contributed by atoms with van der Waals surface area (Å²) < 4.78 is 5.12. The summed E-state index contributed by atoms with van der Waals surface area (Å²) in [5.41, 5.74) is 3.46. The number of aromatic nitrogens is 2. The van der Waals surface area contributed by atoms with E-state index in [1.165, 1.54) is 0 Å². The molecule has 0 atom stereocenters. The number of nitrogens with two attached hydrogens (primary N) is 1. The summed E-state index contributed by atoms with van der Waals surface area (Å²) in [5, 5.41) is 0. The zero-order valence-electron chi connectivity index (χ0n) is 10.3. The third-order valence-electron chi connectivity index (χ3n) is 2.57. The van der Waals surface area contributed by atoms with E-state index in [9.17, 15) is 0 Å². The van der Waals surface area contributed by atoms with Gasteiger partial charge in [0.05, 0.1) is 19.5 Å². The molecule has 0 fully saturated rings. The Bertz CT molecular complexity index is 514. The van der Waals surface area contributed by atoms with Gasteiger partial charge < -0.3 is 15.1 Å². The first-order chi connectivity index (χ1) is 8.74. The molecule has 0 aliphatic rings. The third kappa shape index (κ3) is 2.49. The molecule has 3 N–H and O–H groups in total. The molecule has 0 aliphatic carbocycles. The zero-order chi connectivity index (χ0) is 13.0. The molecule has 1 aromatic heterocycles. The lowest BCUT2D eigenvalue weighted by molar-refractivity contribution is 0.415. The van der Waals surface area contributed by atoms with Crippen LogP contribution >= 0.6 is 0 Å². The molecule has 6 heteroatoms. The van der Waals surface area contributed by atoms with Gasteiger partial charge in [-0.2, -0.15) is 0 Å². The fourth-order valence-electron chi connectivity index (χ4n) is 1.52. The molecule has 1 aromatic carbocycles. The molecule has 0 radical (unpaired) electrons. The minimum atomic E-state index is 0.521. The number of benzene rings is 1. The molecule has 6 nitrogen and oxygen atoms in total. The van der Waals surface area contributed by atoms with Gasteiger partial charge in [0.2, 0.25) is 0 Å². The number of nitrogen functional groups attached to an aromatic ring is 1. The van der Waals surface area contributed by atoms with Crippen molar-refractivity contribution in [2.24, 2.45) is 5.84 Å². The highest BCUT2D eigenvalue weighted by atomic mass is 16.5. The summed E-state index contributed by atoms with van der Waals surface area (Å²) in [4.78, 5) is 10.3. The molecule has 0 bridgehead atoms. The van der Waals surface area contributed by atoms with Crippen molar-refractivity contribution in [3.8, 4) is 5.75 Å².